The number of rotatable bonds is 6. The van der Waals surface area contributed by atoms with Crippen molar-refractivity contribution in [1.29, 1.82) is 0 Å². The minimum atomic E-state index is -4.09. The summed E-state index contributed by atoms with van der Waals surface area (Å²) in [5, 5.41) is 0.406. The van der Waals surface area contributed by atoms with E-state index in [9.17, 15) is 8.42 Å². The third-order valence-electron chi connectivity index (χ3n) is 2.76. The highest BCUT2D eigenvalue weighted by Gasteiger charge is 2.11. The number of aromatic nitrogens is 1. The van der Waals surface area contributed by atoms with Gasteiger partial charge in [0.05, 0.1) is 7.12 Å². The maximum absolute atomic E-state index is 12.0. The van der Waals surface area contributed by atoms with E-state index in [4.69, 9.17) is 8.22 Å². The Labute approximate surface area is 128 Å². The molecule has 2 aromatic rings. The third kappa shape index (κ3) is 3.59. The second-order valence-corrected chi connectivity index (χ2v) is 6.50. The highest BCUT2D eigenvalue weighted by molar-refractivity contribution is 7.88. The van der Waals surface area contributed by atoms with Crippen molar-refractivity contribution in [3.05, 3.63) is 35.5 Å². The van der Waals surface area contributed by atoms with Crippen molar-refractivity contribution in [3.63, 3.8) is 0 Å². The van der Waals surface area contributed by atoms with Crippen LogP contribution in [0.2, 0.25) is 0 Å². The van der Waals surface area contributed by atoms with E-state index in [1.54, 1.807) is 29.8 Å². The summed E-state index contributed by atoms with van der Waals surface area (Å²) in [6, 6.07) is 4.54. The van der Waals surface area contributed by atoms with Gasteiger partial charge in [-0.25, -0.2) is 13.1 Å². The molecular formula is C14H21N3O2S. The molecular weight excluding hydrogens is 274 g/mol. The molecule has 0 spiro atoms. The Balaban J connectivity index is 2.46. The smallest absolute Gasteiger partial charge is 0.215 e. The first kappa shape index (κ1) is 8.81. The van der Waals surface area contributed by atoms with Gasteiger partial charge >= 0.3 is 0 Å². The molecule has 0 saturated carbocycles. The molecule has 2 N–H and O–H groups in total. The van der Waals surface area contributed by atoms with Crippen molar-refractivity contribution in [3.8, 4) is 0 Å². The average Bonchev–Trinajstić information content (AvgIpc) is 2.69. The summed E-state index contributed by atoms with van der Waals surface area (Å²) in [5.74, 6) is -0.560. The monoisotopic (exact) mass is 301 g/mol. The first-order chi connectivity index (χ1) is 11.7. The molecule has 1 heterocycles. The van der Waals surface area contributed by atoms with Gasteiger partial charge in [0, 0.05) is 30.5 Å². The molecule has 0 radical (unpaired) electrons. The van der Waals surface area contributed by atoms with Crippen LogP contribution in [0.3, 0.4) is 0 Å². The van der Waals surface area contributed by atoms with Gasteiger partial charge in [0.2, 0.25) is 10.0 Å². The SMILES string of the molecule is [2H]c1[nH]c2ccc(CS(=O)(=O)NC([2H])([2H])[2H])cc2c1C([2H])([2H])CN(C)C. The molecule has 1 aromatic carbocycles. The molecule has 1 aromatic heterocycles. The largest absolute Gasteiger partial charge is 0.361 e. The normalized spacial score (nSPS) is 18.1. The van der Waals surface area contributed by atoms with Crippen LogP contribution in [-0.2, 0) is 22.1 Å². The van der Waals surface area contributed by atoms with Crippen LogP contribution in [0.4, 0.5) is 0 Å². The van der Waals surface area contributed by atoms with Gasteiger partial charge in [0.1, 0.15) is 0 Å². The zero-order valence-electron chi connectivity index (χ0n) is 17.3. The lowest BCUT2D eigenvalue weighted by Crippen LogP contribution is -2.20. The molecule has 20 heavy (non-hydrogen) atoms. The quantitative estimate of drug-likeness (QED) is 0.846. The van der Waals surface area contributed by atoms with E-state index < -0.39 is 29.1 Å². The van der Waals surface area contributed by atoms with Gasteiger partial charge in [-0.2, -0.15) is 0 Å². The molecule has 6 heteroatoms. The number of hydrogen-bond acceptors (Lipinski definition) is 3. The van der Waals surface area contributed by atoms with Gasteiger partial charge in [0.25, 0.3) is 0 Å². The highest BCUT2D eigenvalue weighted by atomic mass is 32.2. The third-order valence-corrected chi connectivity index (χ3v) is 3.78. The molecule has 0 atom stereocenters. The van der Waals surface area contributed by atoms with Crippen molar-refractivity contribution < 1.29 is 16.6 Å². The summed E-state index contributed by atoms with van der Waals surface area (Å²) < 4.78 is 71.3. The average molecular weight is 301 g/mol. The van der Waals surface area contributed by atoms with Gasteiger partial charge in [-0.15, -0.1) is 0 Å². The Morgan fingerprint density at radius 3 is 3.00 bits per heavy atom. The van der Waals surface area contributed by atoms with Crippen molar-refractivity contribution in [1.82, 2.24) is 14.6 Å². The van der Waals surface area contributed by atoms with Gasteiger partial charge in [0.15, 0.2) is 0 Å². The van der Waals surface area contributed by atoms with Crippen molar-refractivity contribution >= 4 is 20.9 Å². The van der Waals surface area contributed by atoms with Crippen LogP contribution in [0.15, 0.2) is 24.4 Å². The molecule has 0 aliphatic carbocycles. The van der Waals surface area contributed by atoms with Gasteiger partial charge in [-0.1, -0.05) is 6.07 Å². The lowest BCUT2D eigenvalue weighted by Gasteiger charge is -2.08. The Hall–Kier alpha value is -1.37. The van der Waals surface area contributed by atoms with E-state index in [-0.39, 0.29) is 18.3 Å². The molecule has 0 aliphatic rings. The number of hydrogen-bond donors (Lipinski definition) is 2. The van der Waals surface area contributed by atoms with Crippen LogP contribution in [0.5, 0.6) is 0 Å². The summed E-state index contributed by atoms with van der Waals surface area (Å²) in [4.78, 5) is 4.45. The Morgan fingerprint density at radius 1 is 1.50 bits per heavy atom. The van der Waals surface area contributed by atoms with Crippen LogP contribution in [0.25, 0.3) is 10.9 Å². The van der Waals surface area contributed by atoms with Gasteiger partial charge in [-0.3, -0.25) is 0 Å². The Bertz CT molecular complexity index is 905. The van der Waals surface area contributed by atoms with Crippen LogP contribution >= 0.6 is 0 Å². The van der Waals surface area contributed by atoms with E-state index in [0.29, 0.717) is 16.5 Å². The maximum Gasteiger partial charge on any atom is 0.215 e. The molecule has 2 rings (SSSR count). The van der Waals surface area contributed by atoms with Crippen LogP contribution < -0.4 is 4.72 Å². The van der Waals surface area contributed by atoms with Gasteiger partial charge in [-0.05, 0) is 50.7 Å². The van der Waals surface area contributed by atoms with Crippen molar-refractivity contribution in [2.24, 2.45) is 0 Å². The number of sulfonamides is 1. The van der Waals surface area contributed by atoms with Crippen molar-refractivity contribution in [2.45, 2.75) is 12.1 Å². The highest BCUT2D eigenvalue weighted by Crippen LogP contribution is 2.21. The molecule has 0 saturated heterocycles. The Morgan fingerprint density at radius 2 is 2.30 bits per heavy atom. The second kappa shape index (κ2) is 5.95. The number of likely N-dealkylation sites (N-methyl/N-ethyl adjacent to an activating group) is 1. The summed E-state index contributed by atoms with van der Waals surface area (Å²) in [7, 11) is -0.659. The minimum Gasteiger partial charge on any atom is -0.361 e. The zero-order valence-corrected chi connectivity index (χ0v) is 12.1. The fourth-order valence-corrected chi connectivity index (χ4v) is 2.52. The zero-order chi connectivity index (χ0) is 19.9. The summed E-state index contributed by atoms with van der Waals surface area (Å²) in [5.41, 5.74) is 0.956. The van der Waals surface area contributed by atoms with Crippen LogP contribution in [0.1, 0.15) is 19.4 Å². The fraction of sp³-hybridized carbons (Fsp3) is 0.429. The standard InChI is InChI=1S/C14H21N3O2S/c1-15-20(18,19)10-11-4-5-14-13(8-11)12(9-16-14)6-7-17(2)3/h4-5,8-9,15-16H,6-7,10H2,1-3H3/i1D3,6D2,9D. The number of nitrogens with zero attached hydrogens (tertiary/aromatic N) is 1. The fourth-order valence-electron chi connectivity index (χ4n) is 1.83. The molecule has 0 bridgehead atoms. The summed E-state index contributed by atoms with van der Waals surface area (Å²) in [6.45, 7) is -2.77. The minimum absolute atomic E-state index is 0.0506. The lowest BCUT2D eigenvalue weighted by atomic mass is 10.1. The first-order valence-corrected chi connectivity index (χ1v) is 7.63. The van der Waals surface area contributed by atoms with E-state index in [1.165, 1.54) is 12.1 Å². The molecule has 0 unspecified atom stereocenters. The topological polar surface area (TPSA) is 65.2 Å². The number of fused-ring (bicyclic) bond motifs is 1. The van der Waals surface area contributed by atoms with E-state index in [2.05, 4.69) is 4.98 Å². The summed E-state index contributed by atoms with van der Waals surface area (Å²) >= 11 is 0. The summed E-state index contributed by atoms with van der Waals surface area (Å²) in [6.07, 6.45) is -1.90. The number of aromatic amines is 1. The van der Waals surface area contributed by atoms with Gasteiger partial charge < -0.3 is 9.88 Å². The number of benzene rings is 1. The first-order valence-electron chi connectivity index (χ1n) is 8.98. The lowest BCUT2D eigenvalue weighted by molar-refractivity contribution is 0.414. The Kier molecular flexibility index (Phi) is 2.62. The predicted molar refractivity (Wildman–Crippen MR) is 82.2 cm³/mol. The number of nitrogens with one attached hydrogen (secondary N) is 2. The second-order valence-electron chi connectivity index (χ2n) is 4.78. The van der Waals surface area contributed by atoms with Crippen LogP contribution in [0, 0.1) is 0 Å². The van der Waals surface area contributed by atoms with Crippen LogP contribution in [-0.4, -0.2) is 45.9 Å². The van der Waals surface area contributed by atoms with E-state index in [0.717, 1.165) is 0 Å². The van der Waals surface area contributed by atoms with E-state index in [1.807, 2.05) is 0 Å². The maximum atomic E-state index is 12.0. The number of H-pyrrole nitrogens is 1. The molecule has 5 nitrogen and oxygen atoms in total. The molecule has 0 aliphatic heterocycles. The molecule has 0 amide bonds. The van der Waals surface area contributed by atoms with Crippen molar-refractivity contribution in [2.75, 3.05) is 27.6 Å². The molecule has 110 valence electrons. The molecule has 0 fully saturated rings. The predicted octanol–water partition coefficient (Wildman–Crippen LogP) is 1.32. The van der Waals surface area contributed by atoms with E-state index >= 15 is 0 Å².